The first kappa shape index (κ1) is 16.3. The van der Waals surface area contributed by atoms with E-state index in [9.17, 15) is 9.59 Å². The number of benzene rings is 1. The zero-order chi connectivity index (χ0) is 15.9. The van der Waals surface area contributed by atoms with E-state index in [0.29, 0.717) is 10.7 Å². The molecule has 1 aromatic rings. The third-order valence-corrected chi connectivity index (χ3v) is 4.37. The summed E-state index contributed by atoms with van der Waals surface area (Å²) in [5.41, 5.74) is 0.189. The predicted octanol–water partition coefficient (Wildman–Crippen LogP) is 3.37. The van der Waals surface area contributed by atoms with Gasteiger partial charge in [-0.1, -0.05) is 48.3 Å². The second kappa shape index (κ2) is 5.61. The fourth-order valence-corrected chi connectivity index (χ4v) is 3.13. The van der Waals surface area contributed by atoms with Gasteiger partial charge in [0.25, 0.3) is 5.91 Å². The summed E-state index contributed by atoms with van der Waals surface area (Å²) in [7, 11) is 0. The van der Waals surface area contributed by atoms with Gasteiger partial charge in [0.15, 0.2) is 0 Å². The van der Waals surface area contributed by atoms with Crippen LogP contribution in [0.1, 0.15) is 27.7 Å². The Kier molecular flexibility index (Phi) is 4.36. The number of piperazine rings is 1. The van der Waals surface area contributed by atoms with E-state index in [4.69, 9.17) is 11.6 Å². The maximum atomic E-state index is 12.8. The van der Waals surface area contributed by atoms with Crippen LogP contribution in [0.5, 0.6) is 0 Å². The number of halogens is 2. The molecule has 114 valence electrons. The highest BCUT2D eigenvalue weighted by Gasteiger charge is 2.44. The van der Waals surface area contributed by atoms with Crippen molar-refractivity contribution >= 4 is 45.0 Å². The van der Waals surface area contributed by atoms with Crippen molar-refractivity contribution in [3.05, 3.63) is 27.7 Å². The SMILES string of the molecule is CC1C(=O)NC(C(C)(C)C)C(=O)N1c1ccc(Br)cc1Cl. The van der Waals surface area contributed by atoms with Crippen molar-refractivity contribution in [1.29, 1.82) is 0 Å². The number of rotatable bonds is 1. The van der Waals surface area contributed by atoms with E-state index in [1.807, 2.05) is 20.8 Å². The van der Waals surface area contributed by atoms with Gasteiger partial charge in [-0.15, -0.1) is 0 Å². The molecule has 0 saturated carbocycles. The number of carbonyl (C=O) groups is 2. The van der Waals surface area contributed by atoms with Crippen molar-refractivity contribution in [3.63, 3.8) is 0 Å². The number of amides is 2. The molecule has 2 atom stereocenters. The van der Waals surface area contributed by atoms with Gasteiger partial charge in [-0.2, -0.15) is 0 Å². The van der Waals surface area contributed by atoms with Crippen LogP contribution in [0.3, 0.4) is 0 Å². The molecule has 0 aliphatic carbocycles. The Morgan fingerprint density at radius 2 is 1.90 bits per heavy atom. The minimum Gasteiger partial charge on any atom is -0.342 e. The molecule has 0 spiro atoms. The smallest absolute Gasteiger partial charge is 0.250 e. The lowest BCUT2D eigenvalue weighted by molar-refractivity contribution is -0.136. The number of anilines is 1. The van der Waals surface area contributed by atoms with Gasteiger partial charge in [0, 0.05) is 4.47 Å². The molecule has 1 aliphatic heterocycles. The first-order valence-corrected chi connectivity index (χ1v) is 7.88. The summed E-state index contributed by atoms with van der Waals surface area (Å²) in [6, 6.07) is 4.12. The average molecular weight is 374 g/mol. The van der Waals surface area contributed by atoms with Crippen molar-refractivity contribution in [2.24, 2.45) is 5.41 Å². The van der Waals surface area contributed by atoms with Crippen LogP contribution in [0, 0.1) is 5.41 Å². The molecule has 2 amide bonds. The molecule has 1 heterocycles. The summed E-state index contributed by atoms with van der Waals surface area (Å²) in [4.78, 5) is 26.5. The number of hydrogen-bond donors (Lipinski definition) is 1. The molecule has 2 unspecified atom stereocenters. The molecule has 0 bridgehead atoms. The Bertz CT molecular complexity index is 598. The van der Waals surface area contributed by atoms with Crippen molar-refractivity contribution in [2.45, 2.75) is 39.8 Å². The molecule has 1 aromatic carbocycles. The number of nitrogens with zero attached hydrogens (tertiary/aromatic N) is 1. The van der Waals surface area contributed by atoms with Crippen LogP contribution < -0.4 is 10.2 Å². The molecular formula is C15H18BrClN2O2. The Morgan fingerprint density at radius 1 is 1.29 bits per heavy atom. The quantitative estimate of drug-likeness (QED) is 0.820. The highest BCUT2D eigenvalue weighted by molar-refractivity contribution is 9.10. The second-order valence-corrected chi connectivity index (χ2v) is 7.61. The summed E-state index contributed by atoms with van der Waals surface area (Å²) in [5.74, 6) is -0.313. The molecule has 2 rings (SSSR count). The summed E-state index contributed by atoms with van der Waals surface area (Å²) in [6.07, 6.45) is 0. The van der Waals surface area contributed by atoms with Gasteiger partial charge in [0.05, 0.1) is 10.7 Å². The van der Waals surface area contributed by atoms with Crippen LogP contribution in [-0.4, -0.2) is 23.9 Å². The Balaban J connectivity index is 2.48. The largest absolute Gasteiger partial charge is 0.342 e. The molecule has 1 saturated heterocycles. The van der Waals surface area contributed by atoms with Gasteiger partial charge in [0.1, 0.15) is 12.1 Å². The Labute approximate surface area is 138 Å². The van der Waals surface area contributed by atoms with Gasteiger partial charge in [-0.25, -0.2) is 0 Å². The maximum absolute atomic E-state index is 12.8. The Morgan fingerprint density at radius 3 is 2.43 bits per heavy atom. The molecule has 6 heteroatoms. The lowest BCUT2D eigenvalue weighted by Crippen LogP contribution is -2.66. The van der Waals surface area contributed by atoms with E-state index in [2.05, 4.69) is 21.2 Å². The fraction of sp³-hybridized carbons (Fsp3) is 0.467. The first-order valence-electron chi connectivity index (χ1n) is 6.71. The van der Waals surface area contributed by atoms with Crippen LogP contribution in [-0.2, 0) is 9.59 Å². The highest BCUT2D eigenvalue weighted by atomic mass is 79.9. The van der Waals surface area contributed by atoms with Crippen LogP contribution in [0.25, 0.3) is 0 Å². The van der Waals surface area contributed by atoms with E-state index in [1.54, 1.807) is 25.1 Å². The van der Waals surface area contributed by atoms with Gasteiger partial charge in [-0.3, -0.25) is 14.5 Å². The summed E-state index contributed by atoms with van der Waals surface area (Å²) < 4.78 is 0.824. The maximum Gasteiger partial charge on any atom is 0.250 e. The standard InChI is InChI=1S/C15H18BrClN2O2/c1-8-13(20)18-12(15(2,3)4)14(21)19(8)11-6-5-9(16)7-10(11)17/h5-8,12H,1-4H3,(H,18,20). The summed E-state index contributed by atoms with van der Waals surface area (Å²) in [6.45, 7) is 7.47. The van der Waals surface area contributed by atoms with Crippen molar-refractivity contribution in [3.8, 4) is 0 Å². The van der Waals surface area contributed by atoms with Crippen molar-refractivity contribution in [2.75, 3.05) is 4.90 Å². The Hall–Kier alpha value is -1.07. The zero-order valence-electron chi connectivity index (χ0n) is 12.4. The topological polar surface area (TPSA) is 49.4 Å². The molecule has 0 aromatic heterocycles. The lowest BCUT2D eigenvalue weighted by Gasteiger charge is -2.42. The van der Waals surface area contributed by atoms with E-state index in [0.717, 1.165) is 4.47 Å². The minimum atomic E-state index is -0.588. The van der Waals surface area contributed by atoms with Crippen LogP contribution >= 0.6 is 27.5 Å². The highest BCUT2D eigenvalue weighted by Crippen LogP contribution is 2.34. The summed E-state index contributed by atoms with van der Waals surface area (Å²) >= 11 is 9.59. The molecule has 0 radical (unpaired) electrons. The molecule has 1 fully saturated rings. The number of hydrogen-bond acceptors (Lipinski definition) is 2. The van der Waals surface area contributed by atoms with E-state index in [1.165, 1.54) is 4.90 Å². The van der Waals surface area contributed by atoms with Crippen LogP contribution in [0.4, 0.5) is 5.69 Å². The molecule has 1 N–H and O–H groups in total. The van der Waals surface area contributed by atoms with E-state index >= 15 is 0 Å². The number of carbonyl (C=O) groups excluding carboxylic acids is 2. The van der Waals surface area contributed by atoms with Gasteiger partial charge >= 0.3 is 0 Å². The van der Waals surface area contributed by atoms with E-state index < -0.39 is 12.1 Å². The van der Waals surface area contributed by atoms with Crippen molar-refractivity contribution < 1.29 is 9.59 Å². The van der Waals surface area contributed by atoms with Gasteiger partial charge in [-0.05, 0) is 30.5 Å². The van der Waals surface area contributed by atoms with Gasteiger partial charge in [0.2, 0.25) is 5.91 Å². The molecule has 21 heavy (non-hydrogen) atoms. The lowest BCUT2D eigenvalue weighted by atomic mass is 9.84. The third-order valence-electron chi connectivity index (χ3n) is 3.57. The van der Waals surface area contributed by atoms with E-state index in [-0.39, 0.29) is 17.2 Å². The molecular weight excluding hydrogens is 356 g/mol. The predicted molar refractivity (Wildman–Crippen MR) is 87.5 cm³/mol. The first-order chi connectivity index (χ1) is 9.62. The summed E-state index contributed by atoms with van der Waals surface area (Å²) in [5, 5.41) is 3.24. The third kappa shape index (κ3) is 3.09. The van der Waals surface area contributed by atoms with Crippen molar-refractivity contribution in [1.82, 2.24) is 5.32 Å². The average Bonchev–Trinajstić information content (AvgIpc) is 2.35. The van der Waals surface area contributed by atoms with Crippen LogP contribution in [0.2, 0.25) is 5.02 Å². The molecule has 4 nitrogen and oxygen atoms in total. The fourth-order valence-electron chi connectivity index (χ4n) is 2.36. The molecule has 1 aliphatic rings. The zero-order valence-corrected chi connectivity index (χ0v) is 14.7. The van der Waals surface area contributed by atoms with Gasteiger partial charge < -0.3 is 5.32 Å². The number of nitrogens with one attached hydrogen (secondary N) is 1. The normalized spacial score (nSPS) is 23.2. The van der Waals surface area contributed by atoms with Crippen LogP contribution in [0.15, 0.2) is 22.7 Å². The monoisotopic (exact) mass is 372 g/mol. The minimum absolute atomic E-state index is 0.140. The second-order valence-electron chi connectivity index (χ2n) is 6.29.